The Balaban J connectivity index is 1.24. The Morgan fingerprint density at radius 2 is 2.06 bits per heavy atom. The molecule has 6 rings (SSSR count). The average Bonchev–Trinajstić information content (AvgIpc) is 3.56. The fourth-order valence-electron chi connectivity index (χ4n) is 5.22. The molecule has 2 aliphatic rings. The second-order valence-electron chi connectivity index (χ2n) is 9.31. The number of likely N-dealkylation sites (tertiary alicyclic amines) is 1. The zero-order valence-corrected chi connectivity index (χ0v) is 18.7. The van der Waals surface area contributed by atoms with Gasteiger partial charge in [0.05, 0.1) is 17.9 Å². The van der Waals surface area contributed by atoms with E-state index < -0.39 is 0 Å². The number of pyridine rings is 1. The number of anilines is 1. The Kier molecular flexibility index (Phi) is 4.49. The van der Waals surface area contributed by atoms with Gasteiger partial charge in [0.15, 0.2) is 5.65 Å². The average molecular weight is 447 g/mol. The van der Waals surface area contributed by atoms with Crippen molar-refractivity contribution in [2.45, 2.75) is 38.6 Å². The van der Waals surface area contributed by atoms with Crippen LogP contribution < -0.4 is 10.1 Å². The van der Waals surface area contributed by atoms with Crippen molar-refractivity contribution in [3.05, 3.63) is 30.9 Å². The van der Waals surface area contributed by atoms with E-state index in [0.717, 1.165) is 60.9 Å². The number of ether oxygens (including phenoxy) is 1. The van der Waals surface area contributed by atoms with E-state index in [4.69, 9.17) is 4.74 Å². The zero-order chi connectivity index (χ0) is 22.6. The van der Waals surface area contributed by atoms with Crippen LogP contribution in [0.15, 0.2) is 30.9 Å². The number of amides is 1. The number of hydrogen-bond acceptors (Lipinski definition) is 7. The lowest BCUT2D eigenvalue weighted by Crippen LogP contribution is -2.53. The Labute approximate surface area is 190 Å². The molecule has 2 fully saturated rings. The number of H-pyrrole nitrogens is 1. The molecule has 4 aromatic heterocycles. The fourth-order valence-corrected chi connectivity index (χ4v) is 5.22. The number of nitrogens with one attached hydrogen (secondary N) is 2. The van der Waals surface area contributed by atoms with Gasteiger partial charge in [-0.25, -0.2) is 0 Å². The van der Waals surface area contributed by atoms with Crippen molar-refractivity contribution in [1.82, 2.24) is 34.4 Å². The zero-order valence-electron chi connectivity index (χ0n) is 18.7. The van der Waals surface area contributed by atoms with Crippen LogP contribution in [0.1, 0.15) is 32.6 Å². The van der Waals surface area contributed by atoms with Crippen molar-refractivity contribution >= 4 is 28.5 Å². The van der Waals surface area contributed by atoms with Crippen molar-refractivity contribution in [1.29, 1.82) is 0 Å². The largest absolute Gasteiger partial charge is 0.480 e. The molecule has 10 heteroatoms. The second kappa shape index (κ2) is 7.43. The third-order valence-electron chi connectivity index (χ3n) is 6.93. The third kappa shape index (κ3) is 3.28. The maximum atomic E-state index is 12.9. The van der Waals surface area contributed by atoms with Gasteiger partial charge >= 0.3 is 0 Å². The van der Waals surface area contributed by atoms with Gasteiger partial charge < -0.3 is 19.9 Å². The van der Waals surface area contributed by atoms with Crippen LogP contribution in [0, 0.1) is 5.41 Å². The van der Waals surface area contributed by atoms with Crippen molar-refractivity contribution < 1.29 is 9.53 Å². The van der Waals surface area contributed by atoms with Gasteiger partial charge in [-0.3, -0.25) is 9.20 Å². The highest BCUT2D eigenvalue weighted by Gasteiger charge is 2.48. The first-order valence-corrected chi connectivity index (χ1v) is 11.3. The summed E-state index contributed by atoms with van der Waals surface area (Å²) >= 11 is 0. The highest BCUT2D eigenvalue weighted by atomic mass is 16.5. The van der Waals surface area contributed by atoms with Crippen LogP contribution in [-0.2, 0) is 4.79 Å². The summed E-state index contributed by atoms with van der Waals surface area (Å²) in [7, 11) is 1.61. The molecule has 170 valence electrons. The second-order valence-corrected chi connectivity index (χ2v) is 9.31. The Morgan fingerprint density at radius 3 is 2.85 bits per heavy atom. The van der Waals surface area contributed by atoms with Gasteiger partial charge in [-0.1, -0.05) is 6.92 Å². The number of carbonyl (C=O) groups is 1. The number of rotatable bonds is 5. The molecule has 0 aromatic carbocycles. The Hall–Kier alpha value is -3.69. The number of hydrogen-bond donors (Lipinski definition) is 2. The molecule has 1 amide bonds. The van der Waals surface area contributed by atoms with Gasteiger partial charge in [-0.2, -0.15) is 9.97 Å². The summed E-state index contributed by atoms with van der Waals surface area (Å²) in [5.41, 5.74) is 3.10. The van der Waals surface area contributed by atoms with Crippen LogP contribution in [0.2, 0.25) is 0 Å². The number of nitrogens with zero attached hydrogens (tertiary/aromatic N) is 6. The molecule has 0 unspecified atom stereocenters. The lowest BCUT2D eigenvalue weighted by Gasteiger charge is -2.45. The monoisotopic (exact) mass is 446 g/mol. The molecule has 4 aromatic rings. The fraction of sp³-hybridized carbons (Fsp3) is 0.435. The van der Waals surface area contributed by atoms with E-state index in [-0.39, 0.29) is 17.4 Å². The summed E-state index contributed by atoms with van der Waals surface area (Å²) in [6.45, 7) is 3.85. The highest BCUT2D eigenvalue weighted by Crippen LogP contribution is 2.44. The number of carbonyl (C=O) groups excluding carboxylic acids is 1. The third-order valence-corrected chi connectivity index (χ3v) is 6.93. The predicted molar refractivity (Wildman–Crippen MR) is 123 cm³/mol. The molecular formula is C23H26N8O2. The molecule has 10 nitrogen and oxygen atoms in total. The van der Waals surface area contributed by atoms with Gasteiger partial charge in [0, 0.05) is 42.7 Å². The number of aromatic amines is 1. The van der Waals surface area contributed by atoms with Gasteiger partial charge in [-0.15, -0.1) is 10.2 Å². The molecule has 1 aliphatic heterocycles. The summed E-state index contributed by atoms with van der Waals surface area (Å²) < 4.78 is 7.51. The van der Waals surface area contributed by atoms with E-state index in [9.17, 15) is 4.79 Å². The van der Waals surface area contributed by atoms with Gasteiger partial charge in [0.2, 0.25) is 17.7 Å². The van der Waals surface area contributed by atoms with Crippen molar-refractivity contribution in [3.63, 3.8) is 0 Å². The minimum atomic E-state index is -0.295. The standard InChI is InChI=1S/C23H26N8O2/c1-23(21(32)30-7-3-4-8-30)9-15(10-23)26-22-27-19-18(20(28-22)33-2)16(11-24-19)14-5-6-17-29-25-13-31(17)12-14/h5-6,11-13,15H,3-4,7-10H2,1-2H3,(H2,24,26,27,28)/t15-,23-. The number of fused-ring (bicyclic) bond motifs is 2. The first kappa shape index (κ1) is 20.0. The molecule has 33 heavy (non-hydrogen) atoms. The molecule has 0 atom stereocenters. The molecule has 0 bridgehead atoms. The van der Waals surface area contributed by atoms with Crippen LogP contribution >= 0.6 is 0 Å². The van der Waals surface area contributed by atoms with E-state index in [0.29, 0.717) is 17.5 Å². The van der Waals surface area contributed by atoms with Gasteiger partial charge in [0.25, 0.3) is 0 Å². The van der Waals surface area contributed by atoms with Crippen molar-refractivity contribution in [2.75, 3.05) is 25.5 Å². The van der Waals surface area contributed by atoms with Gasteiger partial charge in [-0.05, 0) is 37.8 Å². The highest BCUT2D eigenvalue weighted by molar-refractivity contribution is 5.97. The molecule has 1 saturated heterocycles. The van der Waals surface area contributed by atoms with E-state index in [2.05, 4.69) is 37.4 Å². The lowest BCUT2D eigenvalue weighted by molar-refractivity contribution is -0.145. The maximum absolute atomic E-state index is 12.9. The summed E-state index contributed by atoms with van der Waals surface area (Å²) in [6, 6.07) is 4.07. The minimum Gasteiger partial charge on any atom is -0.480 e. The molecule has 2 N–H and O–H groups in total. The topological polar surface area (TPSA) is 113 Å². The first-order chi connectivity index (χ1) is 16.0. The van der Waals surface area contributed by atoms with E-state index in [1.165, 1.54) is 0 Å². The predicted octanol–water partition coefficient (Wildman–Crippen LogP) is 2.88. The molecule has 5 heterocycles. The molecule has 1 saturated carbocycles. The summed E-state index contributed by atoms with van der Waals surface area (Å²) in [6.07, 6.45) is 9.33. The van der Waals surface area contributed by atoms with E-state index >= 15 is 0 Å². The minimum absolute atomic E-state index is 0.161. The van der Waals surface area contributed by atoms with Crippen molar-refractivity contribution in [2.24, 2.45) is 5.41 Å². The van der Waals surface area contributed by atoms with Gasteiger partial charge in [0.1, 0.15) is 12.0 Å². The SMILES string of the molecule is COc1nc(N[C@H]2C[C@](C)(C(=O)N3CCCC3)C2)nc2[nH]cc(-c3ccc4nncn4c3)c12. The number of aromatic nitrogens is 6. The summed E-state index contributed by atoms with van der Waals surface area (Å²) in [5, 5.41) is 12.2. The van der Waals surface area contributed by atoms with Crippen LogP contribution in [0.5, 0.6) is 5.88 Å². The van der Waals surface area contributed by atoms with E-state index in [1.807, 2.05) is 33.8 Å². The molecule has 1 aliphatic carbocycles. The molecule has 0 spiro atoms. The van der Waals surface area contributed by atoms with Crippen LogP contribution in [0.3, 0.4) is 0 Å². The maximum Gasteiger partial charge on any atom is 0.228 e. The quantitative estimate of drug-likeness (QED) is 0.485. The number of methoxy groups -OCH3 is 1. The molecular weight excluding hydrogens is 420 g/mol. The van der Waals surface area contributed by atoms with Crippen LogP contribution in [0.4, 0.5) is 5.95 Å². The normalized spacial score (nSPS) is 22.6. The Bertz CT molecular complexity index is 1350. The van der Waals surface area contributed by atoms with Crippen LogP contribution in [-0.4, -0.2) is 66.6 Å². The van der Waals surface area contributed by atoms with Crippen molar-refractivity contribution in [3.8, 4) is 17.0 Å². The smallest absolute Gasteiger partial charge is 0.228 e. The lowest BCUT2D eigenvalue weighted by atomic mass is 9.66. The van der Waals surface area contributed by atoms with E-state index in [1.54, 1.807) is 13.4 Å². The Morgan fingerprint density at radius 1 is 1.24 bits per heavy atom. The summed E-state index contributed by atoms with van der Waals surface area (Å²) in [5.74, 6) is 1.28. The first-order valence-electron chi connectivity index (χ1n) is 11.3. The summed E-state index contributed by atoms with van der Waals surface area (Å²) in [4.78, 5) is 27.4. The van der Waals surface area contributed by atoms with Crippen LogP contribution in [0.25, 0.3) is 27.8 Å². The molecule has 0 radical (unpaired) electrons.